The highest BCUT2D eigenvalue weighted by atomic mass is 16.4. The topological polar surface area (TPSA) is 132 Å². The monoisotopic (exact) mass is 425 g/mol. The van der Waals surface area contributed by atoms with E-state index in [1.807, 2.05) is 44.2 Å². The summed E-state index contributed by atoms with van der Waals surface area (Å²) in [5.41, 5.74) is 0.632. The zero-order valence-corrected chi connectivity index (χ0v) is 17.8. The first kappa shape index (κ1) is 22.9. The van der Waals surface area contributed by atoms with Crippen LogP contribution < -0.4 is 10.6 Å². The van der Waals surface area contributed by atoms with Crippen LogP contribution in [0.4, 0.5) is 0 Å². The lowest BCUT2D eigenvalue weighted by Crippen LogP contribution is -2.59. The summed E-state index contributed by atoms with van der Waals surface area (Å²) in [4.78, 5) is 29.7. The maximum Gasteiger partial charge on any atom is 0.479 e. The third-order valence-electron chi connectivity index (χ3n) is 5.83. The van der Waals surface area contributed by atoms with Gasteiger partial charge < -0.3 is 25.8 Å². The number of amides is 2. The lowest BCUT2D eigenvalue weighted by Gasteiger charge is -2.26. The van der Waals surface area contributed by atoms with Gasteiger partial charge >= 0.3 is 7.12 Å². The van der Waals surface area contributed by atoms with Gasteiger partial charge in [0.25, 0.3) is 5.91 Å². The molecule has 4 atom stereocenters. The van der Waals surface area contributed by atoms with E-state index in [2.05, 4.69) is 15.6 Å². The molecule has 3 rings (SSSR count). The second kappa shape index (κ2) is 9.17. The minimum atomic E-state index is -1.74. The van der Waals surface area contributed by atoms with Gasteiger partial charge in [-0.05, 0) is 48.4 Å². The molecule has 0 spiro atoms. The van der Waals surface area contributed by atoms with Crippen LogP contribution in [0.5, 0.6) is 0 Å². The number of rotatable bonds is 8. The van der Waals surface area contributed by atoms with Gasteiger partial charge in [0.1, 0.15) is 11.7 Å². The molecule has 0 bridgehead atoms. The van der Waals surface area contributed by atoms with Crippen LogP contribution in [0.15, 0.2) is 48.7 Å². The van der Waals surface area contributed by atoms with Crippen LogP contribution >= 0.6 is 0 Å². The van der Waals surface area contributed by atoms with Crippen molar-refractivity contribution in [1.29, 1.82) is 0 Å². The zero-order valence-electron chi connectivity index (χ0n) is 17.8. The molecule has 1 aromatic carbocycles. The number of aromatic nitrogens is 1. The molecule has 1 saturated carbocycles. The van der Waals surface area contributed by atoms with Crippen LogP contribution in [0, 0.1) is 11.8 Å². The Hall–Kier alpha value is -2.75. The summed E-state index contributed by atoms with van der Waals surface area (Å²) in [5, 5.41) is 34.9. The number of pyridine rings is 1. The molecular weight excluding hydrogens is 397 g/mol. The first-order valence-electron chi connectivity index (χ1n) is 10.3. The van der Waals surface area contributed by atoms with Gasteiger partial charge in [0.15, 0.2) is 0 Å². The lowest BCUT2D eigenvalue weighted by molar-refractivity contribution is -0.126. The Morgan fingerprint density at radius 1 is 1.13 bits per heavy atom. The van der Waals surface area contributed by atoms with Crippen LogP contribution in [0.3, 0.4) is 0 Å². The Balaban J connectivity index is 1.75. The largest absolute Gasteiger partial charge is 0.479 e. The Labute approximate surface area is 181 Å². The molecule has 2 aromatic rings. The predicted molar refractivity (Wildman–Crippen MR) is 117 cm³/mol. The van der Waals surface area contributed by atoms with Crippen molar-refractivity contribution in [2.75, 3.05) is 0 Å². The normalized spacial score (nSPS) is 21.8. The van der Waals surface area contributed by atoms with Gasteiger partial charge in [0, 0.05) is 6.20 Å². The highest BCUT2D eigenvalue weighted by Crippen LogP contribution is 2.49. The van der Waals surface area contributed by atoms with Gasteiger partial charge in [-0.15, -0.1) is 0 Å². The number of carbonyl (C=O) groups excluding carboxylic acids is 2. The number of nitrogens with zero attached hydrogens (tertiary/aromatic N) is 1. The fourth-order valence-electron chi connectivity index (χ4n) is 3.93. The molecule has 0 saturated heterocycles. The molecule has 1 fully saturated rings. The molecule has 1 aliphatic carbocycles. The first-order chi connectivity index (χ1) is 14.7. The summed E-state index contributed by atoms with van der Waals surface area (Å²) in [6, 6.07) is 11.6. The number of nitrogens with one attached hydrogen (secondary N) is 2. The molecule has 0 radical (unpaired) electrons. The summed E-state index contributed by atoms with van der Waals surface area (Å²) < 4.78 is 0. The molecule has 5 N–H and O–H groups in total. The van der Waals surface area contributed by atoms with E-state index in [1.54, 1.807) is 12.1 Å². The standard InChI is InChI=1S/C22H28BN3O5/c1-13(2)17-12-22(17,23(30)31)26-21(29)19(14(3)27)25-20(28)18-11-16(9-10-24-18)15-7-5-4-6-8-15/h4-11,13-14,17,19,27,30-31H,12H2,1-3H3,(H,25,28)(H,26,29)/t14-,17+,19+,22?/m1/s1. The highest BCUT2D eigenvalue weighted by molar-refractivity contribution is 6.47. The van der Waals surface area contributed by atoms with Crippen molar-refractivity contribution < 1.29 is 24.7 Å². The maximum absolute atomic E-state index is 12.8. The van der Waals surface area contributed by atoms with Crippen molar-refractivity contribution in [3.63, 3.8) is 0 Å². The predicted octanol–water partition coefficient (Wildman–Crippen LogP) is 0.771. The van der Waals surface area contributed by atoms with Crippen LogP contribution in [-0.2, 0) is 4.79 Å². The second-order valence-electron chi connectivity index (χ2n) is 8.45. The van der Waals surface area contributed by atoms with Gasteiger partial charge in [-0.3, -0.25) is 14.6 Å². The van der Waals surface area contributed by atoms with Crippen LogP contribution in [0.1, 0.15) is 37.7 Å². The van der Waals surface area contributed by atoms with E-state index in [9.17, 15) is 24.7 Å². The van der Waals surface area contributed by atoms with Crippen molar-refractivity contribution in [2.45, 2.75) is 44.8 Å². The van der Waals surface area contributed by atoms with Gasteiger partial charge in [-0.2, -0.15) is 0 Å². The van der Waals surface area contributed by atoms with Gasteiger partial charge in [-0.1, -0.05) is 44.2 Å². The zero-order chi connectivity index (χ0) is 22.8. The second-order valence-corrected chi connectivity index (χ2v) is 8.45. The average Bonchev–Trinajstić information content (AvgIpc) is 3.48. The van der Waals surface area contributed by atoms with Gasteiger partial charge in [-0.25, -0.2) is 0 Å². The van der Waals surface area contributed by atoms with E-state index in [-0.39, 0.29) is 17.5 Å². The molecule has 1 aromatic heterocycles. The average molecular weight is 425 g/mol. The molecular formula is C22H28BN3O5. The highest BCUT2D eigenvalue weighted by Gasteiger charge is 2.64. The molecule has 1 aliphatic rings. The number of hydrogen-bond acceptors (Lipinski definition) is 6. The molecule has 164 valence electrons. The summed E-state index contributed by atoms with van der Waals surface area (Å²) in [6.45, 7) is 5.24. The number of hydrogen-bond donors (Lipinski definition) is 5. The SMILES string of the molecule is CC(C)[C@@H]1CC1(NC(=O)[C@@H](NC(=O)c1cc(-c2ccccc2)ccn1)[C@@H](C)O)B(O)O. The quantitative estimate of drug-likeness (QED) is 0.397. The summed E-state index contributed by atoms with van der Waals surface area (Å²) in [5.74, 6) is -1.27. The Morgan fingerprint density at radius 3 is 2.35 bits per heavy atom. The van der Waals surface area contributed by atoms with E-state index < -0.39 is 36.5 Å². The number of benzene rings is 1. The molecule has 31 heavy (non-hydrogen) atoms. The van der Waals surface area contributed by atoms with E-state index in [0.717, 1.165) is 11.1 Å². The third kappa shape index (κ3) is 4.95. The maximum atomic E-state index is 12.8. The van der Waals surface area contributed by atoms with Crippen molar-refractivity contribution in [1.82, 2.24) is 15.6 Å². The lowest BCUT2D eigenvalue weighted by atomic mass is 9.72. The van der Waals surface area contributed by atoms with E-state index in [1.165, 1.54) is 13.1 Å². The summed E-state index contributed by atoms with van der Waals surface area (Å²) >= 11 is 0. The minimum absolute atomic E-state index is 0.100. The van der Waals surface area contributed by atoms with Crippen LogP contribution in [-0.4, -0.2) is 56.7 Å². The number of aliphatic hydroxyl groups excluding tert-OH is 1. The minimum Gasteiger partial charge on any atom is -0.426 e. The smallest absolute Gasteiger partial charge is 0.426 e. The molecule has 0 aliphatic heterocycles. The number of carbonyl (C=O) groups is 2. The summed E-state index contributed by atoms with van der Waals surface area (Å²) in [6.07, 6.45) is 0.712. The molecule has 1 heterocycles. The fourth-order valence-corrected chi connectivity index (χ4v) is 3.93. The van der Waals surface area contributed by atoms with E-state index in [0.29, 0.717) is 6.42 Å². The molecule has 1 unspecified atom stereocenters. The summed E-state index contributed by atoms with van der Waals surface area (Å²) in [7, 11) is -1.74. The van der Waals surface area contributed by atoms with Crippen molar-refractivity contribution >= 4 is 18.9 Å². The van der Waals surface area contributed by atoms with E-state index >= 15 is 0 Å². The van der Waals surface area contributed by atoms with Crippen LogP contribution in [0.25, 0.3) is 11.1 Å². The molecule has 8 nitrogen and oxygen atoms in total. The first-order valence-corrected chi connectivity index (χ1v) is 10.3. The number of aliphatic hydroxyl groups is 1. The molecule has 9 heteroatoms. The van der Waals surface area contributed by atoms with Gasteiger partial charge in [0.2, 0.25) is 5.91 Å². The van der Waals surface area contributed by atoms with Crippen molar-refractivity contribution in [3.05, 3.63) is 54.4 Å². The Kier molecular flexibility index (Phi) is 6.79. The fraction of sp³-hybridized carbons (Fsp3) is 0.409. The van der Waals surface area contributed by atoms with Crippen LogP contribution in [0.2, 0.25) is 0 Å². The van der Waals surface area contributed by atoms with Crippen molar-refractivity contribution in [3.8, 4) is 11.1 Å². The van der Waals surface area contributed by atoms with Gasteiger partial charge in [0.05, 0.1) is 11.5 Å². The van der Waals surface area contributed by atoms with Crippen molar-refractivity contribution in [2.24, 2.45) is 11.8 Å². The van der Waals surface area contributed by atoms with E-state index in [4.69, 9.17) is 0 Å². The molecule has 2 amide bonds. The Bertz CT molecular complexity index is 938. The third-order valence-corrected chi connectivity index (χ3v) is 5.83. The Morgan fingerprint density at radius 2 is 1.81 bits per heavy atom.